The molecule has 3 heteroatoms. The predicted octanol–water partition coefficient (Wildman–Crippen LogP) is 2.43. The molecular formula is C15H29NO2. The van der Waals surface area contributed by atoms with Gasteiger partial charge in [0.05, 0.1) is 17.3 Å². The van der Waals surface area contributed by atoms with Crippen molar-refractivity contribution >= 4 is 0 Å². The Balaban J connectivity index is 2.13. The number of likely N-dealkylation sites (tertiary alicyclic amines) is 1. The van der Waals surface area contributed by atoms with Crippen LogP contribution in [-0.2, 0) is 4.74 Å². The van der Waals surface area contributed by atoms with Crippen LogP contribution in [0, 0.1) is 5.41 Å². The van der Waals surface area contributed by atoms with Crippen molar-refractivity contribution in [3.8, 4) is 0 Å². The fourth-order valence-corrected chi connectivity index (χ4v) is 3.75. The summed E-state index contributed by atoms with van der Waals surface area (Å²) in [7, 11) is 0. The average Bonchev–Trinajstić information content (AvgIpc) is 2.39. The first kappa shape index (κ1) is 14.3. The van der Waals surface area contributed by atoms with E-state index in [9.17, 15) is 5.11 Å². The number of rotatable bonds is 1. The maximum Gasteiger partial charge on any atom is 0.0789 e. The summed E-state index contributed by atoms with van der Waals surface area (Å²) in [6.45, 7) is 15.0. The maximum absolute atomic E-state index is 10.1. The molecule has 2 unspecified atom stereocenters. The quantitative estimate of drug-likeness (QED) is 0.781. The Labute approximate surface area is 112 Å². The number of aliphatic hydroxyl groups is 1. The van der Waals surface area contributed by atoms with Gasteiger partial charge in [-0.1, -0.05) is 13.8 Å². The minimum atomic E-state index is -0.174. The van der Waals surface area contributed by atoms with Crippen molar-refractivity contribution < 1.29 is 9.84 Å². The SMILES string of the molecule is CC1(C)CC(N2CCC(O)C(C)(C)C2)C(C)(C)O1. The molecule has 2 atom stereocenters. The highest BCUT2D eigenvalue weighted by Gasteiger charge is 2.50. The standard InChI is InChI=1S/C15H29NO2/c1-13(2)10-16(8-7-12(13)17)11-9-14(3,4)18-15(11,5)6/h11-12,17H,7-10H2,1-6H3. The molecule has 2 rings (SSSR count). The van der Waals surface area contributed by atoms with Gasteiger partial charge in [0.1, 0.15) is 0 Å². The van der Waals surface area contributed by atoms with E-state index in [4.69, 9.17) is 4.74 Å². The average molecular weight is 255 g/mol. The molecule has 0 saturated carbocycles. The summed E-state index contributed by atoms with van der Waals surface area (Å²) in [5.41, 5.74) is -0.142. The second kappa shape index (κ2) is 4.19. The molecule has 0 aliphatic carbocycles. The van der Waals surface area contributed by atoms with Crippen LogP contribution in [-0.4, -0.2) is 46.4 Å². The zero-order chi connectivity index (χ0) is 13.8. The van der Waals surface area contributed by atoms with Gasteiger partial charge in [-0.3, -0.25) is 4.90 Å². The fraction of sp³-hybridized carbons (Fsp3) is 1.00. The summed E-state index contributed by atoms with van der Waals surface area (Å²) in [6, 6.07) is 0.458. The van der Waals surface area contributed by atoms with Gasteiger partial charge in [-0.25, -0.2) is 0 Å². The number of piperidine rings is 1. The highest BCUT2D eigenvalue weighted by Crippen LogP contribution is 2.42. The number of hydrogen-bond donors (Lipinski definition) is 1. The first-order valence-electron chi connectivity index (χ1n) is 7.16. The van der Waals surface area contributed by atoms with E-state index in [-0.39, 0.29) is 22.7 Å². The summed E-state index contributed by atoms with van der Waals surface area (Å²) < 4.78 is 6.19. The third-order valence-corrected chi connectivity index (χ3v) is 4.67. The van der Waals surface area contributed by atoms with Gasteiger partial charge >= 0.3 is 0 Å². The number of hydrogen-bond acceptors (Lipinski definition) is 3. The van der Waals surface area contributed by atoms with E-state index < -0.39 is 0 Å². The molecule has 0 aromatic heterocycles. The lowest BCUT2D eigenvalue weighted by Crippen LogP contribution is -2.56. The van der Waals surface area contributed by atoms with E-state index in [0.717, 1.165) is 25.9 Å². The van der Waals surface area contributed by atoms with Crippen molar-refractivity contribution in [2.75, 3.05) is 13.1 Å². The predicted molar refractivity (Wildman–Crippen MR) is 73.6 cm³/mol. The molecule has 2 aliphatic heterocycles. The van der Waals surface area contributed by atoms with Crippen molar-refractivity contribution in [3.63, 3.8) is 0 Å². The zero-order valence-electron chi connectivity index (χ0n) is 12.8. The summed E-state index contributed by atoms with van der Waals surface area (Å²) in [4.78, 5) is 2.53. The van der Waals surface area contributed by atoms with Gasteiger partial charge in [0, 0.05) is 24.5 Å². The van der Waals surface area contributed by atoms with Gasteiger partial charge in [0.2, 0.25) is 0 Å². The minimum Gasteiger partial charge on any atom is -0.392 e. The van der Waals surface area contributed by atoms with E-state index in [0.29, 0.717) is 6.04 Å². The fourth-order valence-electron chi connectivity index (χ4n) is 3.75. The molecule has 2 aliphatic rings. The van der Waals surface area contributed by atoms with Gasteiger partial charge in [0.25, 0.3) is 0 Å². The molecule has 2 heterocycles. The van der Waals surface area contributed by atoms with Gasteiger partial charge in [0.15, 0.2) is 0 Å². The monoisotopic (exact) mass is 255 g/mol. The van der Waals surface area contributed by atoms with Crippen LogP contribution in [0.5, 0.6) is 0 Å². The zero-order valence-corrected chi connectivity index (χ0v) is 12.8. The van der Waals surface area contributed by atoms with Crippen LogP contribution in [0.2, 0.25) is 0 Å². The van der Waals surface area contributed by atoms with Crippen molar-refractivity contribution in [1.82, 2.24) is 4.90 Å². The van der Waals surface area contributed by atoms with E-state index in [2.05, 4.69) is 46.4 Å². The molecule has 0 amide bonds. The topological polar surface area (TPSA) is 32.7 Å². The molecule has 1 N–H and O–H groups in total. The molecule has 2 saturated heterocycles. The van der Waals surface area contributed by atoms with Crippen LogP contribution in [0.4, 0.5) is 0 Å². The van der Waals surface area contributed by atoms with Crippen LogP contribution >= 0.6 is 0 Å². The summed E-state index contributed by atoms with van der Waals surface area (Å²) >= 11 is 0. The van der Waals surface area contributed by atoms with Crippen LogP contribution in [0.1, 0.15) is 54.4 Å². The largest absolute Gasteiger partial charge is 0.392 e. The molecule has 0 bridgehead atoms. The van der Waals surface area contributed by atoms with Gasteiger partial charge in [-0.2, -0.15) is 0 Å². The Morgan fingerprint density at radius 1 is 1.11 bits per heavy atom. The number of aliphatic hydroxyl groups excluding tert-OH is 1. The lowest BCUT2D eigenvalue weighted by atomic mass is 9.79. The van der Waals surface area contributed by atoms with Crippen LogP contribution < -0.4 is 0 Å². The van der Waals surface area contributed by atoms with E-state index in [1.54, 1.807) is 0 Å². The van der Waals surface area contributed by atoms with Crippen molar-refractivity contribution in [1.29, 1.82) is 0 Å². The second-order valence-corrected chi connectivity index (χ2v) is 7.95. The molecule has 3 nitrogen and oxygen atoms in total. The summed E-state index contributed by atoms with van der Waals surface area (Å²) in [6.07, 6.45) is 1.78. The smallest absolute Gasteiger partial charge is 0.0789 e. The van der Waals surface area contributed by atoms with Crippen LogP contribution in [0.25, 0.3) is 0 Å². The molecule has 0 aromatic carbocycles. The molecule has 2 fully saturated rings. The van der Waals surface area contributed by atoms with Crippen molar-refractivity contribution in [2.45, 2.75) is 77.7 Å². The molecule has 18 heavy (non-hydrogen) atoms. The van der Waals surface area contributed by atoms with Crippen LogP contribution in [0.15, 0.2) is 0 Å². The van der Waals surface area contributed by atoms with Gasteiger partial charge < -0.3 is 9.84 Å². The second-order valence-electron chi connectivity index (χ2n) is 7.95. The Morgan fingerprint density at radius 3 is 2.17 bits per heavy atom. The molecular weight excluding hydrogens is 226 g/mol. The first-order valence-corrected chi connectivity index (χ1v) is 7.16. The van der Waals surface area contributed by atoms with Crippen LogP contribution in [0.3, 0.4) is 0 Å². The third kappa shape index (κ3) is 2.59. The Morgan fingerprint density at radius 2 is 1.72 bits per heavy atom. The van der Waals surface area contributed by atoms with E-state index in [1.807, 2.05) is 0 Å². The van der Waals surface area contributed by atoms with Gasteiger partial charge in [-0.15, -0.1) is 0 Å². The molecule has 0 aromatic rings. The molecule has 0 radical (unpaired) electrons. The Kier molecular flexibility index (Phi) is 3.33. The van der Waals surface area contributed by atoms with Crippen molar-refractivity contribution in [2.24, 2.45) is 5.41 Å². The third-order valence-electron chi connectivity index (χ3n) is 4.67. The van der Waals surface area contributed by atoms with E-state index >= 15 is 0 Å². The minimum absolute atomic E-state index is 0.0128. The van der Waals surface area contributed by atoms with Gasteiger partial charge in [-0.05, 0) is 40.5 Å². The number of ether oxygens (including phenoxy) is 1. The molecule has 106 valence electrons. The lowest BCUT2D eigenvalue weighted by molar-refractivity contribution is -0.0968. The Bertz CT molecular complexity index is 322. The highest BCUT2D eigenvalue weighted by molar-refractivity contribution is 5.02. The maximum atomic E-state index is 10.1. The van der Waals surface area contributed by atoms with E-state index in [1.165, 1.54) is 0 Å². The van der Waals surface area contributed by atoms with Crippen molar-refractivity contribution in [3.05, 3.63) is 0 Å². The summed E-state index contributed by atoms with van der Waals surface area (Å²) in [5.74, 6) is 0. The highest BCUT2D eigenvalue weighted by atomic mass is 16.5. The Hall–Kier alpha value is -0.120. The molecule has 0 spiro atoms. The first-order chi connectivity index (χ1) is 8.04. The lowest BCUT2D eigenvalue weighted by Gasteiger charge is -2.46. The normalized spacial score (nSPS) is 38.8. The summed E-state index contributed by atoms with van der Waals surface area (Å²) in [5, 5.41) is 10.1. The number of nitrogens with zero attached hydrogens (tertiary/aromatic N) is 1.